The van der Waals surface area contributed by atoms with Crippen molar-refractivity contribution in [1.29, 1.82) is 0 Å². The summed E-state index contributed by atoms with van der Waals surface area (Å²) in [5.41, 5.74) is 2.84. The smallest absolute Gasteiger partial charge is 0.232 e. The molecule has 8 heteroatoms. The lowest BCUT2D eigenvalue weighted by Crippen LogP contribution is -2.28. The van der Waals surface area contributed by atoms with Crippen molar-refractivity contribution in [3.05, 3.63) is 71.5 Å². The second-order valence-corrected chi connectivity index (χ2v) is 8.11. The van der Waals surface area contributed by atoms with Gasteiger partial charge in [-0.25, -0.2) is 0 Å². The highest BCUT2D eigenvalue weighted by Gasteiger charge is 2.17. The van der Waals surface area contributed by atoms with Crippen molar-refractivity contribution in [2.45, 2.75) is 44.9 Å². The molecular weight excluding hydrogens is 410 g/mol. The summed E-state index contributed by atoms with van der Waals surface area (Å²) < 4.78 is 1.87. The number of para-hydroxylation sites is 1. The van der Waals surface area contributed by atoms with E-state index in [1.54, 1.807) is 0 Å². The first-order valence-electron chi connectivity index (χ1n) is 10.2. The van der Waals surface area contributed by atoms with Crippen LogP contribution in [0.2, 0.25) is 0 Å². The normalized spacial score (nSPS) is 11.7. The van der Waals surface area contributed by atoms with Crippen LogP contribution in [0.25, 0.3) is 0 Å². The standard InChI is InChI=1S/C23H27N5O2S/c1-4-28-20(14-21(29)25-19-13-9-8-10-16(19)2)26-27-23(28)31-15-22(30)24-17(3)18-11-6-5-7-12-18/h5-13,17H,4,14-15H2,1-3H3,(H,24,30)(H,25,29). The van der Waals surface area contributed by atoms with Gasteiger partial charge in [0.25, 0.3) is 0 Å². The van der Waals surface area contributed by atoms with Crippen molar-refractivity contribution in [3.63, 3.8) is 0 Å². The van der Waals surface area contributed by atoms with Crippen LogP contribution in [0.4, 0.5) is 5.69 Å². The fraction of sp³-hybridized carbons (Fsp3) is 0.304. The van der Waals surface area contributed by atoms with Gasteiger partial charge in [-0.1, -0.05) is 60.3 Å². The predicted molar refractivity (Wildman–Crippen MR) is 123 cm³/mol. The van der Waals surface area contributed by atoms with Crippen LogP contribution < -0.4 is 10.6 Å². The van der Waals surface area contributed by atoms with Crippen molar-refractivity contribution >= 4 is 29.3 Å². The molecule has 1 aromatic heterocycles. The quantitative estimate of drug-likeness (QED) is 0.498. The third-order valence-corrected chi connectivity index (χ3v) is 5.82. The minimum Gasteiger partial charge on any atom is -0.349 e. The summed E-state index contributed by atoms with van der Waals surface area (Å²) in [7, 11) is 0. The fourth-order valence-corrected chi connectivity index (χ4v) is 4.00. The van der Waals surface area contributed by atoms with Crippen molar-refractivity contribution in [2.24, 2.45) is 0 Å². The molecule has 162 valence electrons. The highest BCUT2D eigenvalue weighted by atomic mass is 32.2. The molecule has 0 bridgehead atoms. The van der Waals surface area contributed by atoms with Crippen LogP contribution in [0.1, 0.15) is 36.8 Å². The number of thioether (sulfide) groups is 1. The topological polar surface area (TPSA) is 88.9 Å². The molecule has 31 heavy (non-hydrogen) atoms. The van der Waals surface area contributed by atoms with Gasteiger partial charge in [-0.05, 0) is 38.0 Å². The molecule has 0 saturated heterocycles. The van der Waals surface area contributed by atoms with E-state index in [2.05, 4.69) is 20.8 Å². The Kier molecular flexibility index (Phi) is 7.83. The van der Waals surface area contributed by atoms with Gasteiger partial charge in [-0.3, -0.25) is 9.59 Å². The Balaban J connectivity index is 1.56. The van der Waals surface area contributed by atoms with E-state index in [0.717, 1.165) is 16.8 Å². The third-order valence-electron chi connectivity index (χ3n) is 4.86. The summed E-state index contributed by atoms with van der Waals surface area (Å²) in [6.45, 7) is 6.48. The SMILES string of the molecule is CCn1c(CC(=O)Nc2ccccc2C)nnc1SCC(=O)NC(C)c1ccccc1. The zero-order valence-electron chi connectivity index (χ0n) is 18.0. The zero-order chi connectivity index (χ0) is 22.2. The van der Waals surface area contributed by atoms with Crippen LogP contribution in [0.15, 0.2) is 59.8 Å². The van der Waals surface area contributed by atoms with E-state index in [1.165, 1.54) is 11.8 Å². The number of hydrogen-bond donors (Lipinski definition) is 2. The number of aromatic nitrogens is 3. The molecule has 3 rings (SSSR count). The van der Waals surface area contributed by atoms with Gasteiger partial charge in [0.1, 0.15) is 5.82 Å². The molecule has 0 radical (unpaired) electrons. The van der Waals surface area contributed by atoms with Gasteiger partial charge in [0, 0.05) is 12.2 Å². The van der Waals surface area contributed by atoms with Crippen molar-refractivity contribution < 1.29 is 9.59 Å². The lowest BCUT2D eigenvalue weighted by molar-refractivity contribution is -0.119. The van der Waals surface area contributed by atoms with Crippen LogP contribution in [0.3, 0.4) is 0 Å². The lowest BCUT2D eigenvalue weighted by atomic mass is 10.1. The minimum absolute atomic E-state index is 0.0703. The van der Waals surface area contributed by atoms with Crippen LogP contribution in [0.5, 0.6) is 0 Å². The highest BCUT2D eigenvalue weighted by Crippen LogP contribution is 2.19. The average molecular weight is 438 g/mol. The Morgan fingerprint density at radius 1 is 1.03 bits per heavy atom. The molecule has 1 unspecified atom stereocenters. The Morgan fingerprint density at radius 2 is 1.74 bits per heavy atom. The minimum atomic E-state index is -0.151. The maximum Gasteiger partial charge on any atom is 0.232 e. The van der Waals surface area contributed by atoms with Gasteiger partial charge in [0.05, 0.1) is 18.2 Å². The Bertz CT molecular complexity index is 1040. The van der Waals surface area contributed by atoms with E-state index in [9.17, 15) is 9.59 Å². The van der Waals surface area contributed by atoms with Gasteiger partial charge in [-0.15, -0.1) is 10.2 Å². The largest absolute Gasteiger partial charge is 0.349 e. The maximum atomic E-state index is 12.5. The van der Waals surface area contributed by atoms with Gasteiger partial charge >= 0.3 is 0 Å². The predicted octanol–water partition coefficient (Wildman–Crippen LogP) is 3.76. The second kappa shape index (κ2) is 10.8. The monoisotopic (exact) mass is 437 g/mol. The fourth-order valence-electron chi connectivity index (χ4n) is 3.16. The van der Waals surface area contributed by atoms with Crippen molar-refractivity contribution in [3.8, 4) is 0 Å². The summed E-state index contributed by atoms with van der Waals surface area (Å²) >= 11 is 1.32. The molecule has 3 aromatic rings. The lowest BCUT2D eigenvalue weighted by Gasteiger charge is -2.14. The van der Waals surface area contributed by atoms with E-state index in [-0.39, 0.29) is 30.0 Å². The first-order chi connectivity index (χ1) is 15.0. The molecule has 0 spiro atoms. The molecule has 2 N–H and O–H groups in total. The number of anilines is 1. The molecule has 1 atom stereocenters. The van der Waals surface area contributed by atoms with Crippen LogP contribution in [-0.2, 0) is 22.6 Å². The molecule has 7 nitrogen and oxygen atoms in total. The molecular formula is C23H27N5O2S. The van der Waals surface area contributed by atoms with Crippen LogP contribution in [0, 0.1) is 6.92 Å². The zero-order valence-corrected chi connectivity index (χ0v) is 18.8. The number of carbonyl (C=O) groups is 2. The third kappa shape index (κ3) is 6.18. The van der Waals surface area contributed by atoms with E-state index >= 15 is 0 Å². The molecule has 2 amide bonds. The Morgan fingerprint density at radius 3 is 2.45 bits per heavy atom. The number of hydrogen-bond acceptors (Lipinski definition) is 5. The summed E-state index contributed by atoms with van der Waals surface area (Å²) in [6, 6.07) is 17.4. The maximum absolute atomic E-state index is 12.5. The summed E-state index contributed by atoms with van der Waals surface area (Å²) in [5.74, 6) is 0.576. The van der Waals surface area contributed by atoms with E-state index in [4.69, 9.17) is 0 Å². The van der Waals surface area contributed by atoms with Crippen molar-refractivity contribution in [1.82, 2.24) is 20.1 Å². The summed E-state index contributed by atoms with van der Waals surface area (Å²) in [4.78, 5) is 24.8. The number of nitrogens with zero attached hydrogens (tertiary/aromatic N) is 3. The molecule has 0 aliphatic carbocycles. The number of amides is 2. The molecule has 0 aliphatic heterocycles. The van der Waals surface area contributed by atoms with Gasteiger partial charge < -0.3 is 15.2 Å². The molecule has 0 fully saturated rings. The average Bonchev–Trinajstić information content (AvgIpc) is 3.15. The van der Waals surface area contributed by atoms with Gasteiger partial charge in [-0.2, -0.15) is 0 Å². The molecule has 0 saturated carbocycles. The summed E-state index contributed by atoms with van der Waals surface area (Å²) in [5, 5.41) is 14.9. The molecule has 1 heterocycles. The van der Waals surface area contributed by atoms with Crippen molar-refractivity contribution in [2.75, 3.05) is 11.1 Å². The molecule has 0 aliphatic rings. The Hall–Kier alpha value is -3.13. The Labute approximate surface area is 186 Å². The van der Waals surface area contributed by atoms with E-state index in [0.29, 0.717) is 17.5 Å². The second-order valence-electron chi connectivity index (χ2n) is 7.17. The van der Waals surface area contributed by atoms with Gasteiger partial charge in [0.15, 0.2) is 5.16 Å². The number of nitrogens with one attached hydrogen (secondary N) is 2. The van der Waals surface area contributed by atoms with Crippen LogP contribution >= 0.6 is 11.8 Å². The first-order valence-corrected chi connectivity index (χ1v) is 11.2. The first kappa shape index (κ1) is 22.6. The highest BCUT2D eigenvalue weighted by molar-refractivity contribution is 7.99. The van der Waals surface area contributed by atoms with E-state index < -0.39 is 0 Å². The number of aryl methyl sites for hydroxylation is 1. The number of carbonyl (C=O) groups excluding carboxylic acids is 2. The van der Waals surface area contributed by atoms with E-state index in [1.807, 2.05) is 79.9 Å². The number of rotatable bonds is 9. The summed E-state index contributed by atoms with van der Waals surface area (Å²) in [6.07, 6.45) is 0.118. The van der Waals surface area contributed by atoms with Gasteiger partial charge in [0.2, 0.25) is 11.8 Å². The van der Waals surface area contributed by atoms with Crippen LogP contribution in [-0.4, -0.2) is 32.3 Å². The number of benzene rings is 2. The molecule has 2 aromatic carbocycles.